The summed E-state index contributed by atoms with van der Waals surface area (Å²) in [5.41, 5.74) is 6.57. The highest BCUT2D eigenvalue weighted by molar-refractivity contribution is 5.70. The van der Waals surface area contributed by atoms with Gasteiger partial charge in [0.25, 0.3) is 0 Å². The maximum Gasteiger partial charge on any atom is 0.307 e. The number of hydrogen-bond donors (Lipinski definition) is 2. The molecule has 0 atom stereocenters. The molecule has 0 aromatic carbocycles. The third kappa shape index (κ3) is 3.08. The Bertz CT molecular complexity index is 368. The molecule has 1 aromatic rings. The van der Waals surface area contributed by atoms with Crippen molar-refractivity contribution in [1.29, 1.82) is 0 Å². The predicted octanol–water partition coefficient (Wildman–Crippen LogP) is 0.596. The minimum Gasteiger partial charge on any atom is -0.469 e. The van der Waals surface area contributed by atoms with E-state index in [1.54, 1.807) is 0 Å². The number of nitrogens with zero attached hydrogens (tertiary/aromatic N) is 2. The zero-order valence-corrected chi connectivity index (χ0v) is 9.49. The lowest BCUT2D eigenvalue weighted by atomic mass is 10.2. The average Bonchev–Trinajstić information content (AvgIpc) is 2.29. The molecule has 1 aromatic heterocycles. The number of anilines is 2. The predicted molar refractivity (Wildman–Crippen MR) is 60.9 cm³/mol. The van der Waals surface area contributed by atoms with Gasteiger partial charge < -0.3 is 15.8 Å². The molecule has 16 heavy (non-hydrogen) atoms. The van der Waals surface area contributed by atoms with Crippen molar-refractivity contribution in [3.63, 3.8) is 0 Å². The summed E-state index contributed by atoms with van der Waals surface area (Å²) in [6.07, 6.45) is 2.44. The van der Waals surface area contributed by atoms with Crippen LogP contribution in [0.3, 0.4) is 0 Å². The molecular formula is C10H16N4O2. The molecule has 0 aliphatic rings. The first kappa shape index (κ1) is 12.2. The number of ether oxygens (including phenoxy) is 1. The van der Waals surface area contributed by atoms with Crippen LogP contribution in [0, 0.1) is 0 Å². The van der Waals surface area contributed by atoms with Crippen LogP contribution in [0.25, 0.3) is 0 Å². The summed E-state index contributed by atoms with van der Waals surface area (Å²) in [5, 5.41) is 3.04. The number of nitrogens with two attached hydrogens (primary N) is 1. The molecular weight excluding hydrogens is 208 g/mol. The van der Waals surface area contributed by atoms with Gasteiger partial charge in [-0.25, -0.2) is 9.97 Å². The van der Waals surface area contributed by atoms with Gasteiger partial charge >= 0.3 is 5.97 Å². The van der Waals surface area contributed by atoms with Gasteiger partial charge in [0.15, 0.2) is 0 Å². The molecule has 0 aliphatic carbocycles. The van der Waals surface area contributed by atoms with Gasteiger partial charge in [0.2, 0.25) is 0 Å². The maximum atomic E-state index is 10.9. The highest BCUT2D eigenvalue weighted by Gasteiger charge is 2.07. The average molecular weight is 224 g/mol. The number of nitrogen functional groups attached to an aromatic ring is 1. The van der Waals surface area contributed by atoms with E-state index < -0.39 is 0 Å². The third-order valence-electron chi connectivity index (χ3n) is 2.18. The summed E-state index contributed by atoms with van der Waals surface area (Å²) in [6.45, 7) is 2.44. The van der Waals surface area contributed by atoms with Crippen molar-refractivity contribution in [3.05, 3.63) is 11.9 Å². The number of esters is 1. The van der Waals surface area contributed by atoms with E-state index in [1.165, 1.54) is 13.4 Å². The highest BCUT2D eigenvalue weighted by Crippen LogP contribution is 2.17. The standard InChI is InChI=1S/C10H16N4O2/c1-3-7-9(11)13-6-14-10(7)12-5-4-8(15)16-2/h6H,3-5H2,1-2H3,(H3,11,12,13,14). The van der Waals surface area contributed by atoms with Crippen molar-refractivity contribution in [1.82, 2.24) is 9.97 Å². The van der Waals surface area contributed by atoms with Crippen LogP contribution < -0.4 is 11.1 Å². The Morgan fingerprint density at radius 3 is 2.94 bits per heavy atom. The topological polar surface area (TPSA) is 90.1 Å². The third-order valence-corrected chi connectivity index (χ3v) is 2.18. The number of rotatable bonds is 5. The van der Waals surface area contributed by atoms with Gasteiger partial charge in [-0.2, -0.15) is 0 Å². The lowest BCUT2D eigenvalue weighted by Gasteiger charge is -2.10. The first-order valence-electron chi connectivity index (χ1n) is 5.09. The summed E-state index contributed by atoms with van der Waals surface area (Å²) in [6, 6.07) is 0. The Hall–Kier alpha value is -1.85. The summed E-state index contributed by atoms with van der Waals surface area (Å²) < 4.78 is 4.53. The van der Waals surface area contributed by atoms with E-state index in [9.17, 15) is 4.79 Å². The first-order valence-corrected chi connectivity index (χ1v) is 5.09. The molecule has 0 aliphatic heterocycles. The van der Waals surface area contributed by atoms with Crippen LogP contribution in [-0.4, -0.2) is 29.6 Å². The Kier molecular flexibility index (Phi) is 4.50. The first-order chi connectivity index (χ1) is 7.69. The van der Waals surface area contributed by atoms with E-state index in [-0.39, 0.29) is 5.97 Å². The smallest absolute Gasteiger partial charge is 0.307 e. The SMILES string of the molecule is CCc1c(N)ncnc1NCCC(=O)OC. The molecule has 3 N–H and O–H groups in total. The normalized spacial score (nSPS) is 9.88. The second-order valence-electron chi connectivity index (χ2n) is 3.19. The zero-order valence-electron chi connectivity index (χ0n) is 9.49. The largest absolute Gasteiger partial charge is 0.469 e. The highest BCUT2D eigenvalue weighted by atomic mass is 16.5. The van der Waals surface area contributed by atoms with Crippen LogP contribution in [-0.2, 0) is 16.0 Å². The van der Waals surface area contributed by atoms with E-state index in [0.717, 1.165) is 12.0 Å². The molecule has 0 saturated carbocycles. The van der Waals surface area contributed by atoms with Crippen molar-refractivity contribution >= 4 is 17.6 Å². The molecule has 0 bridgehead atoms. The summed E-state index contributed by atoms with van der Waals surface area (Å²) in [7, 11) is 1.36. The van der Waals surface area contributed by atoms with Crippen molar-refractivity contribution < 1.29 is 9.53 Å². The monoisotopic (exact) mass is 224 g/mol. The van der Waals surface area contributed by atoms with Gasteiger partial charge in [-0.05, 0) is 6.42 Å². The van der Waals surface area contributed by atoms with Crippen LogP contribution in [0.2, 0.25) is 0 Å². The van der Waals surface area contributed by atoms with Crippen molar-refractivity contribution in [3.8, 4) is 0 Å². The Labute approximate surface area is 94.2 Å². The van der Waals surface area contributed by atoms with Gasteiger partial charge in [-0.1, -0.05) is 6.92 Å². The Balaban J connectivity index is 2.60. The zero-order chi connectivity index (χ0) is 12.0. The number of methoxy groups -OCH3 is 1. The molecule has 0 unspecified atom stereocenters. The summed E-state index contributed by atoms with van der Waals surface area (Å²) in [4.78, 5) is 18.9. The number of carbonyl (C=O) groups is 1. The molecule has 1 heterocycles. The molecule has 0 radical (unpaired) electrons. The lowest BCUT2D eigenvalue weighted by molar-refractivity contribution is -0.140. The molecule has 6 nitrogen and oxygen atoms in total. The molecule has 0 fully saturated rings. The lowest BCUT2D eigenvalue weighted by Crippen LogP contribution is -2.13. The molecule has 6 heteroatoms. The van der Waals surface area contributed by atoms with E-state index in [1.807, 2.05) is 6.92 Å². The van der Waals surface area contributed by atoms with Crippen LogP contribution in [0.15, 0.2) is 6.33 Å². The fourth-order valence-corrected chi connectivity index (χ4v) is 1.31. The van der Waals surface area contributed by atoms with E-state index in [0.29, 0.717) is 24.6 Å². The van der Waals surface area contributed by atoms with Crippen LogP contribution >= 0.6 is 0 Å². The molecule has 0 spiro atoms. The fraction of sp³-hybridized carbons (Fsp3) is 0.500. The summed E-state index contributed by atoms with van der Waals surface area (Å²) in [5.74, 6) is 0.893. The molecule has 0 saturated heterocycles. The summed E-state index contributed by atoms with van der Waals surface area (Å²) >= 11 is 0. The van der Waals surface area contributed by atoms with E-state index >= 15 is 0 Å². The van der Waals surface area contributed by atoms with Gasteiger partial charge in [0, 0.05) is 12.1 Å². The van der Waals surface area contributed by atoms with Crippen molar-refractivity contribution in [2.24, 2.45) is 0 Å². The van der Waals surface area contributed by atoms with E-state index in [4.69, 9.17) is 5.73 Å². The number of aromatic nitrogens is 2. The second kappa shape index (κ2) is 5.89. The Morgan fingerprint density at radius 2 is 2.31 bits per heavy atom. The van der Waals surface area contributed by atoms with Crippen LogP contribution in [0.5, 0.6) is 0 Å². The van der Waals surface area contributed by atoms with Crippen LogP contribution in [0.4, 0.5) is 11.6 Å². The molecule has 0 amide bonds. The van der Waals surface area contributed by atoms with Crippen LogP contribution in [0.1, 0.15) is 18.9 Å². The quantitative estimate of drug-likeness (QED) is 0.712. The van der Waals surface area contributed by atoms with Gasteiger partial charge in [0.05, 0.1) is 13.5 Å². The van der Waals surface area contributed by atoms with Gasteiger partial charge in [0.1, 0.15) is 18.0 Å². The molecule has 1 rings (SSSR count). The minimum atomic E-state index is -0.257. The Morgan fingerprint density at radius 1 is 1.56 bits per heavy atom. The van der Waals surface area contributed by atoms with Crippen molar-refractivity contribution in [2.75, 3.05) is 24.7 Å². The molecule has 88 valence electrons. The van der Waals surface area contributed by atoms with Crippen molar-refractivity contribution in [2.45, 2.75) is 19.8 Å². The minimum absolute atomic E-state index is 0.257. The number of nitrogens with one attached hydrogen (secondary N) is 1. The van der Waals surface area contributed by atoms with Gasteiger partial charge in [-0.3, -0.25) is 4.79 Å². The maximum absolute atomic E-state index is 10.9. The van der Waals surface area contributed by atoms with E-state index in [2.05, 4.69) is 20.0 Å². The number of carbonyl (C=O) groups excluding carboxylic acids is 1. The second-order valence-corrected chi connectivity index (χ2v) is 3.19. The fourth-order valence-electron chi connectivity index (χ4n) is 1.31. The van der Waals surface area contributed by atoms with Gasteiger partial charge in [-0.15, -0.1) is 0 Å². The number of hydrogen-bond acceptors (Lipinski definition) is 6.